The topological polar surface area (TPSA) is 79.9 Å². The molecule has 3 rings (SSSR count). The fourth-order valence-corrected chi connectivity index (χ4v) is 2.89. The number of nitrogens with zero attached hydrogens (tertiary/aromatic N) is 2. The first kappa shape index (κ1) is 19.7. The van der Waals surface area contributed by atoms with Gasteiger partial charge in [0.25, 0.3) is 0 Å². The van der Waals surface area contributed by atoms with Crippen molar-refractivity contribution in [1.29, 1.82) is 0 Å². The standard InChI is InChI=1S/C18H15F3N4O2S/c1-27-14-7-5-11(6-8-14)16-23-17(25-24-16)28-10-15(26)22-13-4-2-3-12(9-13)18(19,20)21/h2-9H,10H2,1H3,(H,22,26)(H,23,24,25). The van der Waals surface area contributed by atoms with Crippen LogP contribution < -0.4 is 10.1 Å². The summed E-state index contributed by atoms with van der Waals surface area (Å²) < 4.78 is 43.2. The number of benzene rings is 2. The van der Waals surface area contributed by atoms with Crippen molar-refractivity contribution in [2.75, 3.05) is 18.2 Å². The van der Waals surface area contributed by atoms with Gasteiger partial charge in [-0.25, -0.2) is 4.98 Å². The maximum absolute atomic E-state index is 12.7. The van der Waals surface area contributed by atoms with Crippen LogP contribution in [0.2, 0.25) is 0 Å². The molecule has 0 spiro atoms. The highest BCUT2D eigenvalue weighted by Gasteiger charge is 2.30. The monoisotopic (exact) mass is 408 g/mol. The molecule has 3 aromatic rings. The summed E-state index contributed by atoms with van der Waals surface area (Å²) in [5.41, 5.74) is 0.0546. The second kappa shape index (κ2) is 8.34. The van der Waals surface area contributed by atoms with Gasteiger partial charge in [-0.15, -0.1) is 5.10 Å². The molecule has 2 aromatic carbocycles. The van der Waals surface area contributed by atoms with Gasteiger partial charge in [0.2, 0.25) is 11.1 Å². The summed E-state index contributed by atoms with van der Waals surface area (Å²) in [6.45, 7) is 0. The lowest BCUT2D eigenvalue weighted by atomic mass is 10.2. The molecule has 0 saturated carbocycles. The number of nitrogens with one attached hydrogen (secondary N) is 2. The Bertz CT molecular complexity index is 958. The zero-order valence-corrected chi connectivity index (χ0v) is 15.4. The largest absolute Gasteiger partial charge is 0.497 e. The molecule has 1 aromatic heterocycles. The second-order valence-electron chi connectivity index (χ2n) is 5.61. The maximum atomic E-state index is 12.7. The molecule has 0 aliphatic rings. The molecule has 6 nitrogen and oxygen atoms in total. The Labute approximate surface area is 162 Å². The van der Waals surface area contributed by atoms with Crippen LogP contribution in [0.1, 0.15) is 5.56 Å². The predicted molar refractivity (Wildman–Crippen MR) is 99.2 cm³/mol. The molecular weight excluding hydrogens is 393 g/mol. The van der Waals surface area contributed by atoms with Crippen LogP contribution in [0, 0.1) is 0 Å². The number of aromatic nitrogens is 3. The van der Waals surface area contributed by atoms with E-state index in [-0.39, 0.29) is 11.4 Å². The average Bonchev–Trinajstić information content (AvgIpc) is 3.15. The molecule has 0 unspecified atom stereocenters. The number of carbonyl (C=O) groups excluding carboxylic acids is 1. The number of aromatic amines is 1. The minimum Gasteiger partial charge on any atom is -0.497 e. The number of anilines is 1. The van der Waals surface area contributed by atoms with E-state index in [9.17, 15) is 18.0 Å². The Kier molecular flexibility index (Phi) is 5.88. The van der Waals surface area contributed by atoms with E-state index in [4.69, 9.17) is 4.74 Å². The Morgan fingerprint density at radius 2 is 1.96 bits per heavy atom. The molecule has 0 fully saturated rings. The summed E-state index contributed by atoms with van der Waals surface area (Å²) in [5.74, 6) is 0.739. The Balaban J connectivity index is 1.57. The van der Waals surface area contributed by atoms with Crippen LogP contribution in [0.5, 0.6) is 5.75 Å². The van der Waals surface area contributed by atoms with Crippen LogP contribution in [0.15, 0.2) is 53.7 Å². The third-order valence-electron chi connectivity index (χ3n) is 3.63. The summed E-state index contributed by atoms with van der Waals surface area (Å²) in [5, 5.41) is 9.59. The van der Waals surface area contributed by atoms with Gasteiger partial charge in [-0.2, -0.15) is 13.2 Å². The molecule has 1 heterocycles. The second-order valence-corrected chi connectivity index (χ2v) is 6.55. The van der Waals surface area contributed by atoms with Crippen molar-refractivity contribution >= 4 is 23.4 Å². The predicted octanol–water partition coefficient (Wildman–Crippen LogP) is 4.23. The Morgan fingerprint density at radius 3 is 2.64 bits per heavy atom. The van der Waals surface area contributed by atoms with Gasteiger partial charge in [0.1, 0.15) is 5.75 Å². The molecule has 10 heteroatoms. The SMILES string of the molecule is COc1ccc(-c2nc(SCC(=O)Nc3cccc(C(F)(F)F)c3)n[nH]2)cc1. The molecule has 1 amide bonds. The fraction of sp³-hybridized carbons (Fsp3) is 0.167. The minimum absolute atomic E-state index is 0.0455. The normalized spacial score (nSPS) is 11.3. The van der Waals surface area contributed by atoms with Gasteiger partial charge in [-0.1, -0.05) is 17.8 Å². The number of ether oxygens (including phenoxy) is 1. The minimum atomic E-state index is -4.47. The van der Waals surface area contributed by atoms with E-state index >= 15 is 0 Å². The number of hydrogen-bond donors (Lipinski definition) is 2. The zero-order chi connectivity index (χ0) is 20.1. The first-order valence-electron chi connectivity index (χ1n) is 8.02. The molecule has 146 valence electrons. The van der Waals surface area contributed by atoms with Gasteiger partial charge in [0.05, 0.1) is 18.4 Å². The third-order valence-corrected chi connectivity index (χ3v) is 4.48. The molecule has 2 N–H and O–H groups in total. The van der Waals surface area contributed by atoms with Crippen LogP contribution >= 0.6 is 11.8 Å². The summed E-state index contributed by atoms with van der Waals surface area (Å²) >= 11 is 1.07. The van der Waals surface area contributed by atoms with E-state index in [1.165, 1.54) is 12.1 Å². The lowest BCUT2D eigenvalue weighted by Crippen LogP contribution is -2.15. The van der Waals surface area contributed by atoms with Gasteiger partial charge < -0.3 is 10.1 Å². The smallest absolute Gasteiger partial charge is 0.416 e. The van der Waals surface area contributed by atoms with Crippen LogP contribution in [-0.4, -0.2) is 34.0 Å². The molecule has 0 bridgehead atoms. The van der Waals surface area contributed by atoms with Crippen molar-refractivity contribution in [3.63, 3.8) is 0 Å². The number of hydrogen-bond acceptors (Lipinski definition) is 5. The van der Waals surface area contributed by atoms with Gasteiger partial charge in [-0.3, -0.25) is 9.89 Å². The summed E-state index contributed by atoms with van der Waals surface area (Å²) in [7, 11) is 1.57. The third kappa shape index (κ3) is 5.03. The van der Waals surface area contributed by atoms with Gasteiger partial charge in [0, 0.05) is 11.3 Å². The summed E-state index contributed by atoms with van der Waals surface area (Å²) in [4.78, 5) is 16.3. The van der Waals surface area contributed by atoms with E-state index in [1.54, 1.807) is 19.2 Å². The molecule has 28 heavy (non-hydrogen) atoms. The molecule has 0 aliphatic carbocycles. The van der Waals surface area contributed by atoms with Gasteiger partial charge in [0.15, 0.2) is 5.82 Å². The number of rotatable bonds is 6. The highest BCUT2D eigenvalue weighted by molar-refractivity contribution is 7.99. The fourth-order valence-electron chi connectivity index (χ4n) is 2.29. The number of methoxy groups -OCH3 is 1. The van der Waals surface area contributed by atoms with Crippen molar-refractivity contribution in [2.45, 2.75) is 11.3 Å². The quantitative estimate of drug-likeness (QED) is 0.597. The molecule has 0 aliphatic heterocycles. The highest BCUT2D eigenvalue weighted by Crippen LogP contribution is 2.30. The van der Waals surface area contributed by atoms with Crippen molar-refractivity contribution < 1.29 is 22.7 Å². The van der Waals surface area contributed by atoms with E-state index < -0.39 is 17.6 Å². The van der Waals surface area contributed by atoms with E-state index in [0.29, 0.717) is 16.7 Å². The summed E-state index contributed by atoms with van der Waals surface area (Å²) in [6.07, 6.45) is -4.47. The first-order valence-corrected chi connectivity index (χ1v) is 9.00. The Morgan fingerprint density at radius 1 is 1.21 bits per heavy atom. The van der Waals surface area contributed by atoms with Crippen LogP contribution in [0.4, 0.5) is 18.9 Å². The van der Waals surface area contributed by atoms with Crippen LogP contribution in [0.25, 0.3) is 11.4 Å². The van der Waals surface area contributed by atoms with Crippen LogP contribution in [-0.2, 0) is 11.0 Å². The molecule has 0 radical (unpaired) electrons. The van der Waals surface area contributed by atoms with Crippen molar-refractivity contribution in [3.8, 4) is 17.1 Å². The van der Waals surface area contributed by atoms with Crippen molar-refractivity contribution in [1.82, 2.24) is 15.2 Å². The van der Waals surface area contributed by atoms with Crippen molar-refractivity contribution in [2.24, 2.45) is 0 Å². The number of carbonyl (C=O) groups is 1. The summed E-state index contributed by atoms with van der Waals surface area (Å²) in [6, 6.07) is 11.7. The van der Waals surface area contributed by atoms with Gasteiger partial charge in [-0.05, 0) is 42.5 Å². The number of H-pyrrole nitrogens is 1. The number of halogens is 3. The number of amides is 1. The van der Waals surface area contributed by atoms with Crippen molar-refractivity contribution in [3.05, 3.63) is 54.1 Å². The van der Waals surface area contributed by atoms with Crippen LogP contribution in [0.3, 0.4) is 0 Å². The van der Waals surface area contributed by atoms with Gasteiger partial charge >= 0.3 is 6.18 Å². The highest BCUT2D eigenvalue weighted by atomic mass is 32.2. The van der Waals surface area contributed by atoms with E-state index in [0.717, 1.165) is 29.5 Å². The number of thioether (sulfide) groups is 1. The molecule has 0 saturated heterocycles. The molecule has 0 atom stereocenters. The molecular formula is C18H15F3N4O2S. The maximum Gasteiger partial charge on any atom is 0.416 e. The van der Waals surface area contributed by atoms with E-state index in [1.807, 2.05) is 12.1 Å². The lowest BCUT2D eigenvalue weighted by Gasteiger charge is -2.09. The zero-order valence-electron chi connectivity index (χ0n) is 14.6. The number of alkyl halides is 3. The average molecular weight is 408 g/mol. The first-order chi connectivity index (χ1) is 13.3. The van der Waals surface area contributed by atoms with E-state index in [2.05, 4.69) is 20.5 Å². The Hall–Kier alpha value is -3.01. The lowest BCUT2D eigenvalue weighted by molar-refractivity contribution is -0.137.